The maximum Gasteiger partial charge on any atom is 0.133 e. The van der Waals surface area contributed by atoms with E-state index in [0.29, 0.717) is 0 Å². The molecule has 0 aliphatic carbocycles. The largest absolute Gasteiger partial charge is 0.313 e. The Morgan fingerprint density at radius 3 is 2.69 bits per heavy atom. The van der Waals surface area contributed by atoms with Gasteiger partial charge in [-0.25, -0.2) is 0 Å². The van der Waals surface area contributed by atoms with E-state index in [9.17, 15) is 0 Å². The van der Waals surface area contributed by atoms with Gasteiger partial charge in [0.25, 0.3) is 0 Å². The summed E-state index contributed by atoms with van der Waals surface area (Å²) in [7, 11) is 5.65. The Bertz CT molecular complexity index is 448. The minimum atomic E-state index is 0.793. The highest BCUT2D eigenvalue weighted by molar-refractivity contribution is 6.32. The summed E-state index contributed by atoms with van der Waals surface area (Å²) in [6, 6.07) is 7.90. The number of rotatable bonds is 4. The van der Waals surface area contributed by atoms with E-state index in [1.54, 1.807) is 6.33 Å². The first-order valence-corrected chi connectivity index (χ1v) is 5.50. The van der Waals surface area contributed by atoms with Gasteiger partial charge in [0.2, 0.25) is 0 Å². The van der Waals surface area contributed by atoms with Gasteiger partial charge in [0.05, 0.1) is 6.54 Å². The molecule has 1 heterocycles. The third-order valence-electron chi connectivity index (χ3n) is 2.50. The van der Waals surface area contributed by atoms with E-state index in [0.717, 1.165) is 30.7 Å². The fraction of sp³-hybridized carbons (Fsp3) is 0.333. The number of aryl methyl sites for hydroxylation is 1. The first-order chi connectivity index (χ1) is 7.79. The first kappa shape index (κ1) is 10.9. The molecule has 80 valence electrons. The van der Waals surface area contributed by atoms with Crippen LogP contribution in [-0.2, 0) is 13.0 Å². The standard InChI is InChI=1S/C12H14BN3/c1-2-3-12-15-14-9-16(12)8-10-4-6-11(13)7-5-10/h4-7,9H,2-3,8H2,1H3. The molecule has 16 heavy (non-hydrogen) atoms. The van der Waals surface area contributed by atoms with Gasteiger partial charge in [0.1, 0.15) is 20.0 Å². The molecule has 0 fully saturated rings. The maximum atomic E-state index is 5.65. The van der Waals surface area contributed by atoms with E-state index in [4.69, 9.17) is 7.85 Å². The minimum Gasteiger partial charge on any atom is -0.313 e. The fourth-order valence-corrected chi connectivity index (χ4v) is 1.65. The molecule has 0 N–H and O–H groups in total. The summed E-state index contributed by atoms with van der Waals surface area (Å²) in [5, 5.41) is 8.05. The van der Waals surface area contributed by atoms with Crippen molar-refractivity contribution in [3.63, 3.8) is 0 Å². The van der Waals surface area contributed by atoms with Gasteiger partial charge in [-0.2, -0.15) is 0 Å². The van der Waals surface area contributed by atoms with Crippen LogP contribution in [-0.4, -0.2) is 22.6 Å². The summed E-state index contributed by atoms with van der Waals surface area (Å²) < 4.78 is 2.08. The monoisotopic (exact) mass is 211 g/mol. The molecule has 0 atom stereocenters. The van der Waals surface area contributed by atoms with E-state index in [-0.39, 0.29) is 0 Å². The first-order valence-electron chi connectivity index (χ1n) is 5.50. The molecular formula is C12H14BN3. The summed E-state index contributed by atoms with van der Waals surface area (Å²) in [6.07, 6.45) is 3.83. The van der Waals surface area contributed by atoms with Crippen molar-refractivity contribution in [1.82, 2.24) is 14.8 Å². The van der Waals surface area contributed by atoms with Crippen LogP contribution in [0, 0.1) is 0 Å². The summed E-state index contributed by atoms with van der Waals surface area (Å²) in [5.41, 5.74) is 2.01. The van der Waals surface area contributed by atoms with E-state index in [1.165, 1.54) is 5.56 Å². The van der Waals surface area contributed by atoms with Gasteiger partial charge < -0.3 is 4.57 Å². The zero-order valence-electron chi connectivity index (χ0n) is 9.43. The lowest BCUT2D eigenvalue weighted by Gasteiger charge is -2.06. The molecule has 1 aromatic carbocycles. The Morgan fingerprint density at radius 2 is 2.00 bits per heavy atom. The molecule has 0 amide bonds. The predicted octanol–water partition coefficient (Wildman–Crippen LogP) is 1.07. The number of benzene rings is 1. The van der Waals surface area contributed by atoms with Crippen molar-refractivity contribution in [2.24, 2.45) is 0 Å². The molecule has 3 nitrogen and oxygen atoms in total. The number of aromatic nitrogens is 3. The smallest absolute Gasteiger partial charge is 0.133 e. The molecule has 2 aromatic rings. The van der Waals surface area contributed by atoms with Gasteiger partial charge >= 0.3 is 0 Å². The van der Waals surface area contributed by atoms with Gasteiger partial charge in [0.15, 0.2) is 0 Å². The maximum absolute atomic E-state index is 5.65. The average Bonchev–Trinajstić information content (AvgIpc) is 2.70. The second kappa shape index (κ2) is 4.97. The van der Waals surface area contributed by atoms with E-state index < -0.39 is 0 Å². The fourth-order valence-electron chi connectivity index (χ4n) is 1.65. The van der Waals surface area contributed by atoms with Gasteiger partial charge in [-0.3, -0.25) is 0 Å². The highest BCUT2D eigenvalue weighted by Crippen LogP contribution is 2.05. The van der Waals surface area contributed by atoms with Crippen molar-refractivity contribution >= 4 is 13.3 Å². The van der Waals surface area contributed by atoms with E-state index in [2.05, 4.69) is 21.7 Å². The van der Waals surface area contributed by atoms with Crippen molar-refractivity contribution in [2.45, 2.75) is 26.3 Å². The van der Waals surface area contributed by atoms with E-state index in [1.807, 2.05) is 24.3 Å². The van der Waals surface area contributed by atoms with Crippen LogP contribution >= 0.6 is 0 Å². The highest BCUT2D eigenvalue weighted by atomic mass is 15.3. The van der Waals surface area contributed by atoms with Crippen LogP contribution in [0.15, 0.2) is 30.6 Å². The van der Waals surface area contributed by atoms with Crippen molar-refractivity contribution < 1.29 is 0 Å². The molecular weight excluding hydrogens is 197 g/mol. The van der Waals surface area contributed by atoms with Crippen molar-refractivity contribution in [3.05, 3.63) is 42.0 Å². The van der Waals surface area contributed by atoms with Crippen LogP contribution in [0.5, 0.6) is 0 Å². The number of hydrogen-bond acceptors (Lipinski definition) is 2. The number of hydrogen-bond donors (Lipinski definition) is 0. The second-order valence-electron chi connectivity index (χ2n) is 3.87. The summed E-state index contributed by atoms with van der Waals surface area (Å²) in [4.78, 5) is 0. The average molecular weight is 211 g/mol. The molecule has 0 aliphatic rings. The summed E-state index contributed by atoms with van der Waals surface area (Å²) >= 11 is 0. The lowest BCUT2D eigenvalue weighted by molar-refractivity contribution is 0.705. The molecule has 0 bridgehead atoms. The van der Waals surface area contributed by atoms with Crippen molar-refractivity contribution in [3.8, 4) is 0 Å². The lowest BCUT2D eigenvalue weighted by Crippen LogP contribution is -2.06. The quantitative estimate of drug-likeness (QED) is 0.708. The lowest BCUT2D eigenvalue weighted by atomic mass is 9.95. The molecule has 0 saturated carbocycles. The summed E-state index contributed by atoms with van der Waals surface area (Å²) in [6.45, 7) is 2.95. The normalized spacial score (nSPS) is 10.6. The molecule has 0 saturated heterocycles. The Kier molecular flexibility index (Phi) is 3.39. The highest BCUT2D eigenvalue weighted by Gasteiger charge is 2.03. The van der Waals surface area contributed by atoms with Gasteiger partial charge in [-0.1, -0.05) is 36.7 Å². The van der Waals surface area contributed by atoms with Crippen LogP contribution in [0.1, 0.15) is 24.7 Å². The molecule has 4 heteroatoms. The Labute approximate surface area is 96.9 Å². The third kappa shape index (κ3) is 2.51. The van der Waals surface area contributed by atoms with Gasteiger partial charge in [-0.15, -0.1) is 10.2 Å². The predicted molar refractivity (Wildman–Crippen MR) is 64.9 cm³/mol. The van der Waals surface area contributed by atoms with Crippen molar-refractivity contribution in [1.29, 1.82) is 0 Å². The minimum absolute atomic E-state index is 0.793. The molecule has 0 aliphatic heterocycles. The van der Waals surface area contributed by atoms with Crippen LogP contribution < -0.4 is 5.46 Å². The van der Waals surface area contributed by atoms with Gasteiger partial charge in [0, 0.05) is 6.42 Å². The Morgan fingerprint density at radius 1 is 1.25 bits per heavy atom. The van der Waals surface area contributed by atoms with E-state index >= 15 is 0 Å². The summed E-state index contributed by atoms with van der Waals surface area (Å²) in [5.74, 6) is 1.04. The zero-order valence-corrected chi connectivity index (χ0v) is 9.43. The number of nitrogens with zero attached hydrogens (tertiary/aromatic N) is 3. The SMILES string of the molecule is [B]c1ccc(Cn2cnnc2CCC)cc1. The molecule has 1 aromatic heterocycles. The Hall–Kier alpha value is -1.58. The Balaban J connectivity index is 2.13. The second-order valence-corrected chi connectivity index (χ2v) is 3.87. The van der Waals surface area contributed by atoms with Crippen LogP contribution in [0.25, 0.3) is 0 Å². The third-order valence-corrected chi connectivity index (χ3v) is 2.50. The zero-order chi connectivity index (χ0) is 11.4. The molecule has 0 unspecified atom stereocenters. The van der Waals surface area contributed by atoms with Crippen LogP contribution in [0.4, 0.5) is 0 Å². The van der Waals surface area contributed by atoms with Gasteiger partial charge in [-0.05, 0) is 12.0 Å². The van der Waals surface area contributed by atoms with Crippen LogP contribution in [0.3, 0.4) is 0 Å². The molecule has 2 rings (SSSR count). The topological polar surface area (TPSA) is 30.7 Å². The molecule has 2 radical (unpaired) electrons. The van der Waals surface area contributed by atoms with Crippen LogP contribution in [0.2, 0.25) is 0 Å². The molecule has 0 spiro atoms. The van der Waals surface area contributed by atoms with Crippen molar-refractivity contribution in [2.75, 3.05) is 0 Å².